The fourth-order valence-electron chi connectivity index (χ4n) is 2.11. The largest absolute Gasteiger partial charge is 0.345 e. The van der Waals surface area contributed by atoms with Gasteiger partial charge in [-0.1, -0.05) is 37.1 Å². The van der Waals surface area contributed by atoms with E-state index in [-0.39, 0.29) is 5.57 Å². The number of rotatable bonds is 7. The lowest BCUT2D eigenvalue weighted by molar-refractivity contribution is -0.112. The lowest BCUT2D eigenvalue weighted by atomic mass is 10.1. The number of benzene rings is 1. The number of pyridine rings is 1. The Morgan fingerprint density at radius 3 is 2.72 bits per heavy atom. The predicted molar refractivity (Wildman–Crippen MR) is 100 cm³/mol. The van der Waals surface area contributed by atoms with Gasteiger partial charge in [0.15, 0.2) is 0 Å². The van der Waals surface area contributed by atoms with Gasteiger partial charge in [0, 0.05) is 23.1 Å². The molecular formula is C19H19ClN4O. The number of carbonyl (C=O) groups excluding carboxylic acids is 1. The van der Waals surface area contributed by atoms with E-state index in [2.05, 4.69) is 22.5 Å². The second kappa shape index (κ2) is 9.45. The van der Waals surface area contributed by atoms with Crippen LogP contribution >= 0.6 is 11.6 Å². The summed E-state index contributed by atoms with van der Waals surface area (Å²) in [5.41, 5.74) is 1.81. The molecule has 5 nitrogen and oxygen atoms in total. The van der Waals surface area contributed by atoms with E-state index in [0.717, 1.165) is 19.3 Å². The van der Waals surface area contributed by atoms with Gasteiger partial charge in [-0.2, -0.15) is 5.26 Å². The maximum atomic E-state index is 12.2. The Morgan fingerprint density at radius 1 is 1.32 bits per heavy atom. The van der Waals surface area contributed by atoms with Crippen molar-refractivity contribution in [3.05, 3.63) is 65.0 Å². The van der Waals surface area contributed by atoms with Gasteiger partial charge in [0.05, 0.1) is 0 Å². The summed E-state index contributed by atoms with van der Waals surface area (Å²) in [4.78, 5) is 16.2. The van der Waals surface area contributed by atoms with E-state index in [0.29, 0.717) is 16.5 Å². The molecule has 6 heteroatoms. The van der Waals surface area contributed by atoms with Gasteiger partial charge in [-0.3, -0.25) is 4.79 Å². The average molecular weight is 355 g/mol. The van der Waals surface area contributed by atoms with E-state index < -0.39 is 5.91 Å². The summed E-state index contributed by atoms with van der Waals surface area (Å²) in [5, 5.41) is 15.2. The average Bonchev–Trinajstić information content (AvgIpc) is 2.62. The molecule has 0 bridgehead atoms. The Morgan fingerprint density at radius 2 is 2.08 bits per heavy atom. The molecule has 1 aromatic carbocycles. The van der Waals surface area contributed by atoms with Crippen molar-refractivity contribution in [3.63, 3.8) is 0 Å². The van der Waals surface area contributed by atoms with Crippen molar-refractivity contribution < 1.29 is 4.79 Å². The summed E-state index contributed by atoms with van der Waals surface area (Å²) in [6, 6.07) is 12.7. The van der Waals surface area contributed by atoms with E-state index in [4.69, 9.17) is 11.6 Å². The topological polar surface area (TPSA) is 77.8 Å². The van der Waals surface area contributed by atoms with E-state index in [1.807, 2.05) is 30.3 Å². The summed E-state index contributed by atoms with van der Waals surface area (Å²) in [6.07, 6.45) is 6.14. The fraction of sp³-hybridized carbons (Fsp3) is 0.211. The van der Waals surface area contributed by atoms with Gasteiger partial charge in [-0.05, 0) is 42.7 Å². The lowest BCUT2D eigenvalue weighted by Crippen LogP contribution is -2.14. The number of aryl methyl sites for hydroxylation is 1. The molecule has 2 aromatic rings. The zero-order valence-electron chi connectivity index (χ0n) is 13.9. The number of hydrogen-bond acceptors (Lipinski definition) is 4. The number of halogens is 1. The number of carbonyl (C=O) groups is 1. The number of nitrogens with zero attached hydrogens (tertiary/aromatic N) is 2. The predicted octanol–water partition coefficient (Wildman–Crippen LogP) is 4.54. The minimum absolute atomic E-state index is 0.0585. The number of unbranched alkanes of at least 4 members (excludes halogenated alkanes) is 1. The molecule has 0 unspecified atom stereocenters. The third kappa shape index (κ3) is 5.94. The first-order valence-corrected chi connectivity index (χ1v) is 8.39. The Balaban J connectivity index is 1.99. The van der Waals surface area contributed by atoms with Crippen LogP contribution in [0.3, 0.4) is 0 Å². The minimum atomic E-state index is -0.488. The summed E-state index contributed by atoms with van der Waals surface area (Å²) < 4.78 is 0. The molecule has 0 aliphatic carbocycles. The number of anilines is 2. The third-order valence-electron chi connectivity index (χ3n) is 3.48. The highest BCUT2D eigenvalue weighted by atomic mass is 35.5. The minimum Gasteiger partial charge on any atom is -0.345 e. The molecule has 0 spiro atoms. The maximum absolute atomic E-state index is 12.2. The molecule has 1 aromatic heterocycles. The summed E-state index contributed by atoms with van der Waals surface area (Å²) in [5.74, 6) is -0.0355. The molecule has 0 atom stereocenters. The zero-order chi connectivity index (χ0) is 18.1. The highest BCUT2D eigenvalue weighted by molar-refractivity contribution is 6.30. The molecule has 25 heavy (non-hydrogen) atoms. The van der Waals surface area contributed by atoms with Crippen molar-refractivity contribution in [2.45, 2.75) is 26.2 Å². The van der Waals surface area contributed by atoms with Crippen molar-refractivity contribution in [1.82, 2.24) is 4.98 Å². The molecule has 1 heterocycles. The normalized spacial score (nSPS) is 10.8. The van der Waals surface area contributed by atoms with Crippen molar-refractivity contribution in [3.8, 4) is 6.07 Å². The molecule has 2 N–H and O–H groups in total. The standard InChI is InChI=1S/C19H19ClN4O/c1-2-3-4-14-5-7-17(8-6-14)24-19(25)15(12-21)13-23-18-11-16(20)9-10-22-18/h5-11,13H,2-4H2,1H3,(H,22,23)(H,24,25)/b15-13-. The van der Waals surface area contributed by atoms with Crippen LogP contribution in [0.2, 0.25) is 5.02 Å². The van der Waals surface area contributed by atoms with Crippen LogP contribution < -0.4 is 10.6 Å². The van der Waals surface area contributed by atoms with Crippen LogP contribution in [-0.2, 0) is 11.2 Å². The van der Waals surface area contributed by atoms with Crippen LogP contribution in [0.4, 0.5) is 11.5 Å². The lowest BCUT2D eigenvalue weighted by Gasteiger charge is -2.06. The molecule has 128 valence electrons. The number of nitriles is 1. The monoisotopic (exact) mass is 354 g/mol. The van der Waals surface area contributed by atoms with E-state index in [9.17, 15) is 10.1 Å². The molecule has 2 rings (SSSR count). The number of amides is 1. The van der Waals surface area contributed by atoms with Crippen LogP contribution in [0.25, 0.3) is 0 Å². The van der Waals surface area contributed by atoms with E-state index in [1.54, 1.807) is 12.1 Å². The summed E-state index contributed by atoms with van der Waals surface area (Å²) in [7, 11) is 0. The van der Waals surface area contributed by atoms with Crippen LogP contribution in [0.15, 0.2) is 54.4 Å². The molecule has 0 fully saturated rings. The molecule has 0 saturated carbocycles. The van der Waals surface area contributed by atoms with Gasteiger partial charge in [0.25, 0.3) is 5.91 Å². The number of aromatic nitrogens is 1. The van der Waals surface area contributed by atoms with Crippen LogP contribution in [0.5, 0.6) is 0 Å². The smallest absolute Gasteiger partial charge is 0.267 e. The van der Waals surface area contributed by atoms with Gasteiger partial charge in [0.2, 0.25) is 0 Å². The first-order chi connectivity index (χ1) is 12.1. The Bertz CT molecular complexity index is 794. The Kier molecular flexibility index (Phi) is 7.00. The fourth-order valence-corrected chi connectivity index (χ4v) is 2.27. The van der Waals surface area contributed by atoms with Crippen LogP contribution in [-0.4, -0.2) is 10.9 Å². The molecule has 0 aliphatic rings. The first kappa shape index (κ1) is 18.5. The van der Waals surface area contributed by atoms with Gasteiger partial charge in [-0.25, -0.2) is 4.98 Å². The zero-order valence-corrected chi connectivity index (χ0v) is 14.7. The van der Waals surface area contributed by atoms with Crippen molar-refractivity contribution in [2.24, 2.45) is 0 Å². The molecular weight excluding hydrogens is 336 g/mol. The van der Waals surface area contributed by atoms with Gasteiger partial charge in [-0.15, -0.1) is 0 Å². The van der Waals surface area contributed by atoms with Gasteiger partial charge >= 0.3 is 0 Å². The molecule has 0 aliphatic heterocycles. The molecule has 1 amide bonds. The van der Waals surface area contributed by atoms with Crippen molar-refractivity contribution in [2.75, 3.05) is 10.6 Å². The van der Waals surface area contributed by atoms with E-state index in [1.165, 1.54) is 18.0 Å². The first-order valence-electron chi connectivity index (χ1n) is 8.01. The molecule has 0 saturated heterocycles. The Hall–Kier alpha value is -2.84. The summed E-state index contributed by atoms with van der Waals surface area (Å²) in [6.45, 7) is 2.15. The van der Waals surface area contributed by atoms with Gasteiger partial charge in [0.1, 0.15) is 17.5 Å². The highest BCUT2D eigenvalue weighted by Gasteiger charge is 2.09. The van der Waals surface area contributed by atoms with Crippen LogP contribution in [0, 0.1) is 11.3 Å². The van der Waals surface area contributed by atoms with Gasteiger partial charge < -0.3 is 10.6 Å². The highest BCUT2D eigenvalue weighted by Crippen LogP contribution is 2.14. The quantitative estimate of drug-likeness (QED) is 0.565. The SMILES string of the molecule is CCCCc1ccc(NC(=O)/C(C#N)=C\Nc2cc(Cl)ccn2)cc1. The van der Waals surface area contributed by atoms with Crippen molar-refractivity contribution in [1.29, 1.82) is 5.26 Å². The van der Waals surface area contributed by atoms with E-state index >= 15 is 0 Å². The maximum Gasteiger partial charge on any atom is 0.267 e. The summed E-state index contributed by atoms with van der Waals surface area (Å²) >= 11 is 5.86. The Labute approximate surface area is 152 Å². The number of hydrogen-bond donors (Lipinski definition) is 2. The second-order valence-corrected chi connectivity index (χ2v) is 5.86. The van der Waals surface area contributed by atoms with Crippen molar-refractivity contribution >= 4 is 29.0 Å². The third-order valence-corrected chi connectivity index (χ3v) is 3.72. The molecule has 0 radical (unpaired) electrons. The number of nitrogens with one attached hydrogen (secondary N) is 2. The van der Waals surface area contributed by atoms with Crippen LogP contribution in [0.1, 0.15) is 25.3 Å². The second-order valence-electron chi connectivity index (χ2n) is 5.43.